The smallest absolute Gasteiger partial charge is 0.252 e. The van der Waals surface area contributed by atoms with Gasteiger partial charge >= 0.3 is 0 Å². The summed E-state index contributed by atoms with van der Waals surface area (Å²) in [5, 5.41) is 3.37. The lowest BCUT2D eigenvalue weighted by molar-refractivity contribution is 0.0999. The van der Waals surface area contributed by atoms with Crippen LogP contribution in [0.25, 0.3) is 0 Å². The maximum atomic E-state index is 11.0. The number of nitrogens with one attached hydrogen (secondary N) is 1. The van der Waals surface area contributed by atoms with Gasteiger partial charge in [-0.2, -0.15) is 0 Å². The average Bonchev–Trinajstić information content (AvgIpc) is 2.29. The van der Waals surface area contributed by atoms with Gasteiger partial charge in [0.1, 0.15) is 5.82 Å². The summed E-state index contributed by atoms with van der Waals surface area (Å²) in [5.74, 6) is 0.294. The van der Waals surface area contributed by atoms with Crippen molar-refractivity contribution < 1.29 is 4.79 Å². The molecule has 16 heavy (non-hydrogen) atoms. The molecule has 2 heterocycles. The van der Waals surface area contributed by atoms with Crippen LogP contribution in [0, 0.1) is 6.92 Å². The molecule has 1 unspecified atom stereocenters. The summed E-state index contributed by atoms with van der Waals surface area (Å²) in [6.45, 7) is 2.79. The van der Waals surface area contributed by atoms with E-state index in [2.05, 4.69) is 15.3 Å². The van der Waals surface area contributed by atoms with Crippen molar-refractivity contribution in [2.45, 2.75) is 32.2 Å². The molecular weight excluding hydrogens is 204 g/mol. The summed E-state index contributed by atoms with van der Waals surface area (Å²) in [5.41, 5.74) is 6.27. The van der Waals surface area contributed by atoms with Gasteiger partial charge in [-0.05, 0) is 26.3 Å². The van der Waals surface area contributed by atoms with Crippen LogP contribution in [-0.4, -0.2) is 22.4 Å². The molecule has 1 aliphatic rings. The minimum Gasteiger partial charge on any atom is -0.365 e. The van der Waals surface area contributed by atoms with Crippen LogP contribution < -0.4 is 11.1 Å². The molecule has 1 aliphatic heterocycles. The minimum atomic E-state index is -0.472. The van der Waals surface area contributed by atoms with Gasteiger partial charge in [-0.3, -0.25) is 4.79 Å². The number of rotatable bonds is 2. The zero-order valence-corrected chi connectivity index (χ0v) is 9.36. The quantitative estimate of drug-likeness (QED) is 0.768. The van der Waals surface area contributed by atoms with Crippen LogP contribution in [0.4, 0.5) is 0 Å². The van der Waals surface area contributed by atoms with Crippen molar-refractivity contribution in [1.82, 2.24) is 15.3 Å². The topological polar surface area (TPSA) is 80.9 Å². The molecule has 0 aliphatic carbocycles. The summed E-state index contributed by atoms with van der Waals surface area (Å²) in [6.07, 6.45) is 4.97. The second-order valence-electron chi connectivity index (χ2n) is 4.09. The lowest BCUT2D eigenvalue weighted by Crippen LogP contribution is -2.29. The molecule has 5 heteroatoms. The van der Waals surface area contributed by atoms with Crippen molar-refractivity contribution in [1.29, 1.82) is 0 Å². The van der Waals surface area contributed by atoms with E-state index >= 15 is 0 Å². The van der Waals surface area contributed by atoms with Crippen LogP contribution in [0.15, 0.2) is 6.20 Å². The zero-order chi connectivity index (χ0) is 11.5. The van der Waals surface area contributed by atoms with Crippen molar-refractivity contribution in [3.63, 3.8) is 0 Å². The number of carbonyl (C=O) groups excluding carboxylic acids is 1. The van der Waals surface area contributed by atoms with Crippen LogP contribution in [-0.2, 0) is 0 Å². The number of hydrogen-bond acceptors (Lipinski definition) is 4. The molecule has 3 N–H and O–H groups in total. The highest BCUT2D eigenvalue weighted by Gasteiger charge is 2.18. The number of carbonyl (C=O) groups is 1. The Morgan fingerprint density at radius 2 is 2.38 bits per heavy atom. The highest BCUT2D eigenvalue weighted by molar-refractivity contribution is 5.93. The van der Waals surface area contributed by atoms with Crippen molar-refractivity contribution in [3.05, 3.63) is 23.3 Å². The predicted octanol–water partition coefficient (Wildman–Crippen LogP) is 0.699. The van der Waals surface area contributed by atoms with E-state index < -0.39 is 5.91 Å². The number of primary amides is 1. The fraction of sp³-hybridized carbons (Fsp3) is 0.545. The Kier molecular flexibility index (Phi) is 3.14. The number of amides is 1. The summed E-state index contributed by atoms with van der Waals surface area (Å²) in [6, 6.07) is 0.217. The van der Waals surface area contributed by atoms with Crippen LogP contribution in [0.2, 0.25) is 0 Å². The van der Waals surface area contributed by atoms with Gasteiger partial charge in [0.05, 0.1) is 17.3 Å². The molecule has 0 bridgehead atoms. The van der Waals surface area contributed by atoms with Crippen molar-refractivity contribution in [2.24, 2.45) is 5.73 Å². The molecule has 0 radical (unpaired) electrons. The van der Waals surface area contributed by atoms with Crippen LogP contribution in [0.5, 0.6) is 0 Å². The molecule has 1 amide bonds. The second-order valence-corrected chi connectivity index (χ2v) is 4.09. The normalized spacial score (nSPS) is 20.7. The fourth-order valence-corrected chi connectivity index (χ4v) is 1.97. The fourth-order valence-electron chi connectivity index (χ4n) is 1.97. The maximum Gasteiger partial charge on any atom is 0.252 e. The molecule has 1 aromatic heterocycles. The number of nitrogens with two attached hydrogens (primary N) is 1. The zero-order valence-electron chi connectivity index (χ0n) is 9.36. The van der Waals surface area contributed by atoms with Gasteiger partial charge in [0.2, 0.25) is 0 Å². The van der Waals surface area contributed by atoms with Crippen molar-refractivity contribution >= 4 is 5.91 Å². The number of piperidine rings is 1. The van der Waals surface area contributed by atoms with Gasteiger partial charge in [0.25, 0.3) is 5.91 Å². The minimum absolute atomic E-state index is 0.217. The van der Waals surface area contributed by atoms with Crippen molar-refractivity contribution in [2.75, 3.05) is 6.54 Å². The van der Waals surface area contributed by atoms with E-state index in [1.54, 1.807) is 6.92 Å². The van der Waals surface area contributed by atoms with Gasteiger partial charge in [-0.15, -0.1) is 0 Å². The Labute approximate surface area is 94.5 Å². The van der Waals surface area contributed by atoms with E-state index in [9.17, 15) is 4.79 Å². The van der Waals surface area contributed by atoms with Crippen LogP contribution >= 0.6 is 0 Å². The largest absolute Gasteiger partial charge is 0.365 e. The SMILES string of the molecule is Cc1nc(C2CCCCN2)ncc1C(N)=O. The number of aryl methyl sites for hydroxylation is 1. The Hall–Kier alpha value is -1.49. The summed E-state index contributed by atoms with van der Waals surface area (Å²) in [7, 11) is 0. The maximum absolute atomic E-state index is 11.0. The lowest BCUT2D eigenvalue weighted by Gasteiger charge is -2.22. The second kappa shape index (κ2) is 4.57. The molecule has 86 valence electrons. The molecule has 2 rings (SSSR count). The van der Waals surface area contributed by atoms with Gasteiger partial charge < -0.3 is 11.1 Å². The molecular formula is C11H16N4O. The van der Waals surface area contributed by atoms with Crippen LogP contribution in [0.3, 0.4) is 0 Å². The monoisotopic (exact) mass is 220 g/mol. The number of aromatic nitrogens is 2. The van der Waals surface area contributed by atoms with E-state index in [0.717, 1.165) is 18.8 Å². The highest BCUT2D eigenvalue weighted by Crippen LogP contribution is 2.20. The predicted molar refractivity (Wildman–Crippen MR) is 59.9 cm³/mol. The summed E-state index contributed by atoms with van der Waals surface area (Å²) in [4.78, 5) is 19.6. The molecule has 1 fully saturated rings. The molecule has 1 atom stereocenters. The molecule has 5 nitrogen and oxygen atoms in total. The van der Waals surface area contributed by atoms with E-state index in [0.29, 0.717) is 11.3 Å². The number of nitrogens with zero attached hydrogens (tertiary/aromatic N) is 2. The Morgan fingerprint density at radius 1 is 1.56 bits per heavy atom. The Morgan fingerprint density at radius 3 is 2.94 bits per heavy atom. The first kappa shape index (κ1) is 11.0. The first-order valence-corrected chi connectivity index (χ1v) is 5.55. The summed E-state index contributed by atoms with van der Waals surface area (Å²) < 4.78 is 0. The van der Waals surface area contributed by atoms with Crippen molar-refractivity contribution in [3.8, 4) is 0 Å². The van der Waals surface area contributed by atoms with E-state index in [1.807, 2.05) is 0 Å². The third kappa shape index (κ3) is 2.19. The van der Waals surface area contributed by atoms with Gasteiger partial charge in [0.15, 0.2) is 0 Å². The van der Waals surface area contributed by atoms with Crippen LogP contribution in [0.1, 0.15) is 47.2 Å². The van der Waals surface area contributed by atoms with E-state index in [-0.39, 0.29) is 6.04 Å². The van der Waals surface area contributed by atoms with E-state index in [1.165, 1.54) is 19.0 Å². The average molecular weight is 220 g/mol. The molecule has 0 spiro atoms. The Balaban J connectivity index is 2.23. The standard InChI is InChI=1S/C11H16N4O/c1-7-8(10(12)16)6-14-11(15-7)9-4-2-3-5-13-9/h6,9,13H,2-5H2,1H3,(H2,12,16). The van der Waals surface area contributed by atoms with Gasteiger partial charge in [-0.1, -0.05) is 6.42 Å². The molecule has 0 aromatic carbocycles. The number of hydrogen-bond donors (Lipinski definition) is 2. The van der Waals surface area contributed by atoms with Gasteiger partial charge in [-0.25, -0.2) is 9.97 Å². The molecule has 0 saturated carbocycles. The molecule has 1 aromatic rings. The highest BCUT2D eigenvalue weighted by atomic mass is 16.1. The lowest BCUT2D eigenvalue weighted by atomic mass is 10.0. The molecule has 1 saturated heterocycles. The first-order chi connectivity index (χ1) is 7.68. The van der Waals surface area contributed by atoms with E-state index in [4.69, 9.17) is 5.73 Å². The third-order valence-electron chi connectivity index (χ3n) is 2.89. The first-order valence-electron chi connectivity index (χ1n) is 5.55. The third-order valence-corrected chi connectivity index (χ3v) is 2.89. The Bertz CT molecular complexity index is 399. The van der Waals surface area contributed by atoms with Gasteiger partial charge in [0, 0.05) is 6.20 Å². The summed E-state index contributed by atoms with van der Waals surface area (Å²) >= 11 is 0.